The maximum absolute atomic E-state index is 14.5. The number of benzene rings is 2. The number of halogens is 6. The molecule has 0 amide bonds. The number of hydrogen-bond acceptors (Lipinski definition) is 9. The maximum atomic E-state index is 14.5. The standard InChI is InChI=1S/C28H26F6N6O2S/c29-13-8-27(4-1-5-40(27)11-13)12-41-26-37-20-7-15(14-2-3-18(30)23-22(14)38-25(35)43-23)17(28(32,33)34)6-16(20)24(39-26)42-21-10-36-9-19(21)31/h2-3,6-7,13,19,21,36H,1,4-5,8-12H2,(H2,35,38). The van der Waals surface area contributed by atoms with Crippen molar-refractivity contribution in [2.75, 3.05) is 38.5 Å². The number of fused-ring (bicyclic) bond motifs is 3. The zero-order chi connectivity index (χ0) is 30.1. The highest BCUT2D eigenvalue weighted by Gasteiger charge is 2.49. The lowest BCUT2D eigenvalue weighted by molar-refractivity contribution is -0.137. The fraction of sp³-hybridized carbons (Fsp3) is 0.464. The van der Waals surface area contributed by atoms with Crippen LogP contribution >= 0.6 is 11.3 Å². The number of nitrogens with zero attached hydrogens (tertiary/aromatic N) is 4. The summed E-state index contributed by atoms with van der Waals surface area (Å²) in [4.78, 5) is 14.8. The lowest BCUT2D eigenvalue weighted by Crippen LogP contribution is -2.43. The fourth-order valence-electron chi connectivity index (χ4n) is 6.48. The first-order chi connectivity index (χ1) is 20.5. The predicted octanol–water partition coefficient (Wildman–Crippen LogP) is 5.29. The van der Waals surface area contributed by atoms with Crippen LogP contribution in [0.25, 0.3) is 32.2 Å². The Labute approximate surface area is 245 Å². The van der Waals surface area contributed by atoms with E-state index in [0.717, 1.165) is 42.9 Å². The number of nitrogens with one attached hydrogen (secondary N) is 1. The van der Waals surface area contributed by atoms with Crippen LogP contribution < -0.4 is 20.5 Å². The van der Waals surface area contributed by atoms with Gasteiger partial charge in [0.2, 0.25) is 5.88 Å². The van der Waals surface area contributed by atoms with E-state index in [-0.39, 0.29) is 75.4 Å². The van der Waals surface area contributed by atoms with E-state index in [4.69, 9.17) is 15.2 Å². The van der Waals surface area contributed by atoms with Crippen molar-refractivity contribution in [2.24, 2.45) is 0 Å². The van der Waals surface area contributed by atoms with Crippen molar-refractivity contribution in [1.29, 1.82) is 0 Å². The number of aromatic nitrogens is 3. The first-order valence-electron chi connectivity index (χ1n) is 13.8. The second-order valence-electron chi connectivity index (χ2n) is 11.2. The smallest absolute Gasteiger partial charge is 0.417 e. The zero-order valence-corrected chi connectivity index (χ0v) is 23.4. The van der Waals surface area contributed by atoms with E-state index in [1.165, 1.54) is 12.1 Å². The fourth-order valence-corrected chi connectivity index (χ4v) is 7.24. The lowest BCUT2D eigenvalue weighted by Gasteiger charge is -2.30. The Kier molecular flexibility index (Phi) is 6.81. The summed E-state index contributed by atoms with van der Waals surface area (Å²) in [5.74, 6) is -0.934. The summed E-state index contributed by atoms with van der Waals surface area (Å²) in [5, 5.41) is 2.73. The van der Waals surface area contributed by atoms with Gasteiger partial charge in [-0.05, 0) is 49.2 Å². The van der Waals surface area contributed by atoms with Gasteiger partial charge in [-0.3, -0.25) is 4.90 Å². The van der Waals surface area contributed by atoms with E-state index < -0.39 is 41.5 Å². The summed E-state index contributed by atoms with van der Waals surface area (Å²) in [7, 11) is 0. The molecule has 4 atom stereocenters. The molecule has 3 saturated heterocycles. The molecule has 2 aromatic carbocycles. The molecule has 3 aliphatic heterocycles. The highest BCUT2D eigenvalue weighted by Crippen LogP contribution is 2.45. The molecule has 7 rings (SSSR count). The van der Waals surface area contributed by atoms with Crippen molar-refractivity contribution in [3.8, 4) is 23.0 Å². The van der Waals surface area contributed by atoms with Crippen molar-refractivity contribution in [3.05, 3.63) is 35.6 Å². The topological polar surface area (TPSA) is 98.4 Å². The van der Waals surface area contributed by atoms with Crippen LogP contribution in [0.2, 0.25) is 0 Å². The Morgan fingerprint density at radius 3 is 2.72 bits per heavy atom. The van der Waals surface area contributed by atoms with Gasteiger partial charge in [0.05, 0.1) is 32.2 Å². The first kappa shape index (κ1) is 28.3. The maximum Gasteiger partial charge on any atom is 0.417 e. The minimum Gasteiger partial charge on any atom is -0.469 e. The molecule has 0 bridgehead atoms. The van der Waals surface area contributed by atoms with Crippen molar-refractivity contribution in [2.45, 2.75) is 49.4 Å². The van der Waals surface area contributed by atoms with Crippen LogP contribution in [0, 0.1) is 5.82 Å². The predicted molar refractivity (Wildman–Crippen MR) is 148 cm³/mol. The van der Waals surface area contributed by atoms with Gasteiger partial charge in [-0.25, -0.2) is 18.2 Å². The third kappa shape index (κ3) is 5.00. The number of nitrogens with two attached hydrogens (primary N) is 1. The molecule has 8 nitrogen and oxygen atoms in total. The molecule has 0 spiro atoms. The van der Waals surface area contributed by atoms with Crippen LogP contribution in [0.4, 0.5) is 31.5 Å². The minimum absolute atomic E-state index is 0.00175. The summed E-state index contributed by atoms with van der Waals surface area (Å²) in [6.07, 6.45) is -6.37. The molecule has 4 aromatic rings. The summed E-state index contributed by atoms with van der Waals surface area (Å²) in [5.41, 5.74) is 3.88. The van der Waals surface area contributed by atoms with E-state index in [0.29, 0.717) is 6.54 Å². The first-order valence-corrected chi connectivity index (χ1v) is 14.6. The van der Waals surface area contributed by atoms with Gasteiger partial charge in [-0.1, -0.05) is 11.3 Å². The Morgan fingerprint density at radius 2 is 1.95 bits per heavy atom. The van der Waals surface area contributed by atoms with E-state index in [1.807, 2.05) is 4.90 Å². The summed E-state index contributed by atoms with van der Waals surface area (Å²) in [6.45, 7) is 1.26. The highest BCUT2D eigenvalue weighted by atomic mass is 32.1. The number of anilines is 1. The van der Waals surface area contributed by atoms with Crippen molar-refractivity contribution >= 4 is 37.6 Å². The molecule has 228 valence electrons. The summed E-state index contributed by atoms with van der Waals surface area (Å²) in [6, 6.07) is 4.10. The second kappa shape index (κ2) is 10.3. The van der Waals surface area contributed by atoms with Gasteiger partial charge >= 0.3 is 12.2 Å². The van der Waals surface area contributed by atoms with Gasteiger partial charge in [0.25, 0.3) is 0 Å². The number of thiazole rings is 1. The summed E-state index contributed by atoms with van der Waals surface area (Å²) < 4.78 is 98.8. The number of ether oxygens (including phenoxy) is 2. The number of hydrogen-bond donors (Lipinski definition) is 2. The number of rotatable bonds is 6. The minimum atomic E-state index is -4.85. The van der Waals surface area contributed by atoms with E-state index in [1.54, 1.807) is 0 Å². The molecule has 0 aliphatic carbocycles. The molecule has 2 aromatic heterocycles. The van der Waals surface area contributed by atoms with Gasteiger partial charge in [0, 0.05) is 31.6 Å². The second-order valence-corrected chi connectivity index (χ2v) is 12.3. The molecule has 43 heavy (non-hydrogen) atoms. The molecule has 4 unspecified atom stereocenters. The van der Waals surface area contributed by atoms with Gasteiger partial charge < -0.3 is 20.5 Å². The van der Waals surface area contributed by atoms with Crippen molar-refractivity contribution < 1.29 is 35.8 Å². The zero-order valence-electron chi connectivity index (χ0n) is 22.6. The van der Waals surface area contributed by atoms with Crippen molar-refractivity contribution in [3.63, 3.8) is 0 Å². The van der Waals surface area contributed by atoms with E-state index in [2.05, 4.69) is 20.3 Å². The monoisotopic (exact) mass is 624 g/mol. The Balaban J connectivity index is 1.37. The largest absolute Gasteiger partial charge is 0.469 e. The quantitative estimate of drug-likeness (QED) is 0.280. The molecule has 15 heteroatoms. The van der Waals surface area contributed by atoms with Crippen LogP contribution in [0.3, 0.4) is 0 Å². The van der Waals surface area contributed by atoms with Crippen LogP contribution in [0.15, 0.2) is 24.3 Å². The van der Waals surface area contributed by atoms with E-state index in [9.17, 15) is 26.3 Å². The van der Waals surface area contributed by atoms with Gasteiger partial charge in [0.1, 0.15) is 24.7 Å². The average Bonchev–Trinajstić information content (AvgIpc) is 3.70. The SMILES string of the molecule is Nc1nc2c(-c3cc4nc(OCC56CCCN5CC(F)C6)nc(OC5CNCC5F)c4cc3C(F)(F)F)ccc(F)c2s1. The molecule has 3 N–H and O–H groups in total. The lowest BCUT2D eigenvalue weighted by atomic mass is 9.95. The van der Waals surface area contributed by atoms with Gasteiger partial charge in [-0.2, -0.15) is 23.1 Å². The summed E-state index contributed by atoms with van der Waals surface area (Å²) >= 11 is 0.826. The highest BCUT2D eigenvalue weighted by molar-refractivity contribution is 7.22. The Bertz CT molecular complexity index is 1720. The molecule has 5 heterocycles. The molecule has 0 saturated carbocycles. The molecular weight excluding hydrogens is 598 g/mol. The molecule has 0 radical (unpaired) electrons. The molecular formula is C28H26F6N6O2S. The molecule has 3 fully saturated rings. The number of alkyl halides is 5. The Hall–Kier alpha value is -3.43. The number of nitrogen functional groups attached to an aromatic ring is 1. The van der Waals surface area contributed by atoms with Crippen molar-refractivity contribution in [1.82, 2.24) is 25.2 Å². The van der Waals surface area contributed by atoms with Crippen LogP contribution in [0.1, 0.15) is 24.8 Å². The Morgan fingerprint density at radius 1 is 1.12 bits per heavy atom. The molecule has 3 aliphatic rings. The normalized spacial score (nSPS) is 26.0. The van der Waals surface area contributed by atoms with Crippen LogP contribution in [-0.4, -0.2) is 76.6 Å². The van der Waals surface area contributed by atoms with Gasteiger partial charge in [-0.15, -0.1) is 0 Å². The third-order valence-corrected chi connectivity index (χ3v) is 9.36. The average molecular weight is 625 g/mol. The van der Waals surface area contributed by atoms with Crippen LogP contribution in [-0.2, 0) is 6.18 Å². The van der Waals surface area contributed by atoms with Gasteiger partial charge in [0.15, 0.2) is 11.3 Å². The third-order valence-electron chi connectivity index (χ3n) is 8.47. The van der Waals surface area contributed by atoms with Crippen LogP contribution in [0.5, 0.6) is 11.9 Å². The van der Waals surface area contributed by atoms with E-state index >= 15 is 0 Å².